The van der Waals surface area contributed by atoms with Crippen molar-refractivity contribution < 1.29 is 29.2 Å². The third kappa shape index (κ3) is 13.7. The molecule has 12 heteroatoms. The van der Waals surface area contributed by atoms with Crippen molar-refractivity contribution in [1.82, 2.24) is 26.3 Å². The predicted molar refractivity (Wildman–Crippen MR) is 138 cm³/mol. The number of hydrogen-bond donors (Lipinski definition) is 5. The highest BCUT2D eigenvalue weighted by atomic mass is 35.5. The number of nitrogens with one attached hydrogen (secondary N) is 4. The number of alkyl halides is 1. The first kappa shape index (κ1) is 33.8. The Balaban J connectivity index is 5.12. The molecule has 0 spiro atoms. The van der Waals surface area contributed by atoms with Crippen LogP contribution in [0.25, 0.3) is 0 Å². The highest BCUT2D eigenvalue weighted by Crippen LogP contribution is 2.10. The molecule has 0 aromatic rings. The van der Waals surface area contributed by atoms with Gasteiger partial charge >= 0.3 is 0 Å². The van der Waals surface area contributed by atoms with Gasteiger partial charge in [0.2, 0.25) is 23.6 Å². The van der Waals surface area contributed by atoms with Gasteiger partial charge in [-0.15, -0.1) is 11.6 Å². The largest absolute Gasteiger partial charge is 0.345 e. The van der Waals surface area contributed by atoms with Crippen molar-refractivity contribution in [3.05, 3.63) is 0 Å². The molecule has 0 radical (unpaired) electrons. The van der Waals surface area contributed by atoms with E-state index in [0.29, 0.717) is 70.1 Å². The second-order valence-corrected chi connectivity index (χ2v) is 9.67. The average molecular weight is 534 g/mol. The van der Waals surface area contributed by atoms with Gasteiger partial charge in [-0.25, -0.2) is 5.48 Å². The molecule has 2 unspecified atom stereocenters. The topological polar surface area (TPSA) is 157 Å². The molecular weight excluding hydrogens is 490 g/mol. The second-order valence-electron chi connectivity index (χ2n) is 9.29. The number of aldehydes is 1. The van der Waals surface area contributed by atoms with Gasteiger partial charge in [-0.05, 0) is 59.4 Å². The van der Waals surface area contributed by atoms with Crippen LogP contribution in [0.3, 0.4) is 0 Å². The third-order valence-corrected chi connectivity index (χ3v) is 6.13. The molecule has 0 aromatic carbocycles. The molecule has 2 atom stereocenters. The number of amides is 4. The molecule has 0 heterocycles. The van der Waals surface area contributed by atoms with Crippen LogP contribution in [0.2, 0.25) is 0 Å². The van der Waals surface area contributed by atoms with Crippen LogP contribution in [0, 0.1) is 0 Å². The highest BCUT2D eigenvalue weighted by molar-refractivity contribution is 6.17. The van der Waals surface area contributed by atoms with Crippen molar-refractivity contribution >= 4 is 41.5 Å². The first-order valence-corrected chi connectivity index (χ1v) is 13.1. The SMILES string of the molecule is CCCN(CC(=O)NC(C=O)CCCCCC(=O)NO)C(=O)C(CCCCCl)NC(=O)C(C)(C)NC. The normalized spacial score (nSPS) is 12.8. The minimum Gasteiger partial charge on any atom is -0.345 e. The Morgan fingerprint density at radius 3 is 2.22 bits per heavy atom. The molecular formula is C24H44ClN5O6. The number of halogens is 1. The zero-order valence-corrected chi connectivity index (χ0v) is 22.8. The van der Waals surface area contributed by atoms with Gasteiger partial charge in [-0.2, -0.15) is 0 Å². The quantitative estimate of drug-likeness (QED) is 0.0518. The van der Waals surface area contributed by atoms with Crippen LogP contribution in [-0.4, -0.2) is 83.7 Å². The van der Waals surface area contributed by atoms with E-state index in [2.05, 4.69) is 16.0 Å². The number of carbonyl (C=O) groups is 5. The summed E-state index contributed by atoms with van der Waals surface area (Å²) in [5.74, 6) is -1.17. The molecule has 36 heavy (non-hydrogen) atoms. The fourth-order valence-electron chi connectivity index (χ4n) is 3.39. The number of hydrogen-bond acceptors (Lipinski definition) is 7. The summed E-state index contributed by atoms with van der Waals surface area (Å²) in [5.41, 5.74) is 0.688. The van der Waals surface area contributed by atoms with Gasteiger partial charge in [-0.3, -0.25) is 24.4 Å². The Bertz CT molecular complexity index is 706. The molecule has 208 valence electrons. The van der Waals surface area contributed by atoms with E-state index in [-0.39, 0.29) is 24.8 Å². The van der Waals surface area contributed by atoms with E-state index in [1.165, 1.54) is 4.90 Å². The molecule has 0 aliphatic heterocycles. The zero-order valence-electron chi connectivity index (χ0n) is 22.0. The Morgan fingerprint density at radius 1 is 1.00 bits per heavy atom. The first-order chi connectivity index (χ1) is 17.1. The Hall–Kier alpha value is -2.24. The molecule has 0 saturated carbocycles. The highest BCUT2D eigenvalue weighted by Gasteiger charge is 2.32. The predicted octanol–water partition coefficient (Wildman–Crippen LogP) is 1.26. The Morgan fingerprint density at radius 2 is 1.67 bits per heavy atom. The fraction of sp³-hybridized carbons (Fsp3) is 0.792. The number of nitrogens with zero attached hydrogens (tertiary/aromatic N) is 1. The maximum atomic E-state index is 13.4. The maximum absolute atomic E-state index is 13.4. The lowest BCUT2D eigenvalue weighted by molar-refractivity contribution is -0.140. The van der Waals surface area contributed by atoms with Crippen LogP contribution in [0.1, 0.15) is 78.6 Å². The molecule has 0 fully saturated rings. The lowest BCUT2D eigenvalue weighted by atomic mass is 10.0. The lowest BCUT2D eigenvalue weighted by Crippen LogP contribution is -2.58. The van der Waals surface area contributed by atoms with Crippen LogP contribution in [0.5, 0.6) is 0 Å². The molecule has 0 aromatic heterocycles. The molecule has 5 N–H and O–H groups in total. The molecule has 0 aliphatic rings. The van der Waals surface area contributed by atoms with E-state index in [1.807, 2.05) is 6.92 Å². The van der Waals surface area contributed by atoms with Gasteiger partial charge < -0.3 is 25.6 Å². The summed E-state index contributed by atoms with van der Waals surface area (Å²) in [6.45, 7) is 5.39. The van der Waals surface area contributed by atoms with E-state index in [4.69, 9.17) is 16.8 Å². The molecule has 0 saturated heterocycles. The van der Waals surface area contributed by atoms with Crippen molar-refractivity contribution in [1.29, 1.82) is 0 Å². The Labute approximate surface area is 219 Å². The van der Waals surface area contributed by atoms with Gasteiger partial charge in [0.15, 0.2) is 0 Å². The minimum atomic E-state index is -0.878. The van der Waals surface area contributed by atoms with Gasteiger partial charge in [0.05, 0.1) is 18.1 Å². The van der Waals surface area contributed by atoms with E-state index >= 15 is 0 Å². The standard InChI is InChI=1S/C24H44ClN5O6/c1-5-15-30(16-21(33)27-18(17-31)11-7-6-8-13-20(32)29-36)22(34)19(12-9-10-14-25)28-23(35)24(2,3)26-4/h17-19,26,36H,5-16H2,1-4H3,(H,27,33)(H,28,35)(H,29,32). The van der Waals surface area contributed by atoms with E-state index in [0.717, 1.165) is 0 Å². The van der Waals surface area contributed by atoms with Crippen LogP contribution < -0.4 is 21.4 Å². The van der Waals surface area contributed by atoms with Gasteiger partial charge in [0.1, 0.15) is 12.3 Å². The number of rotatable bonds is 20. The van der Waals surface area contributed by atoms with Crippen molar-refractivity contribution in [3.8, 4) is 0 Å². The van der Waals surface area contributed by atoms with Gasteiger partial charge in [-0.1, -0.05) is 19.8 Å². The molecule has 0 rings (SSSR count). The summed E-state index contributed by atoms with van der Waals surface area (Å²) in [4.78, 5) is 62.6. The summed E-state index contributed by atoms with van der Waals surface area (Å²) >= 11 is 5.78. The zero-order chi connectivity index (χ0) is 27.6. The van der Waals surface area contributed by atoms with Crippen LogP contribution >= 0.6 is 11.6 Å². The van der Waals surface area contributed by atoms with Gasteiger partial charge in [0.25, 0.3) is 0 Å². The van der Waals surface area contributed by atoms with Crippen LogP contribution in [0.4, 0.5) is 0 Å². The summed E-state index contributed by atoms with van der Waals surface area (Å²) < 4.78 is 0. The summed E-state index contributed by atoms with van der Waals surface area (Å²) in [6, 6.07) is -1.51. The molecule has 0 aliphatic carbocycles. The van der Waals surface area contributed by atoms with Crippen molar-refractivity contribution in [2.24, 2.45) is 0 Å². The van der Waals surface area contributed by atoms with Crippen molar-refractivity contribution in [2.45, 2.75) is 96.2 Å². The number of unbranched alkanes of at least 4 members (excludes halogenated alkanes) is 3. The van der Waals surface area contributed by atoms with Crippen molar-refractivity contribution in [2.75, 3.05) is 26.0 Å². The first-order valence-electron chi connectivity index (χ1n) is 12.6. The van der Waals surface area contributed by atoms with Crippen LogP contribution in [-0.2, 0) is 24.0 Å². The van der Waals surface area contributed by atoms with Gasteiger partial charge in [0, 0.05) is 18.8 Å². The minimum absolute atomic E-state index is 0.177. The van der Waals surface area contributed by atoms with E-state index < -0.39 is 29.4 Å². The average Bonchev–Trinajstić information content (AvgIpc) is 2.86. The Kier molecular flexibility index (Phi) is 17.8. The summed E-state index contributed by atoms with van der Waals surface area (Å²) in [6.07, 6.45) is 5.37. The van der Waals surface area contributed by atoms with E-state index in [1.54, 1.807) is 26.4 Å². The molecule has 0 bridgehead atoms. The second kappa shape index (κ2) is 18.9. The smallest absolute Gasteiger partial charge is 0.245 e. The van der Waals surface area contributed by atoms with Crippen molar-refractivity contribution in [3.63, 3.8) is 0 Å². The lowest BCUT2D eigenvalue weighted by Gasteiger charge is -2.30. The number of carbonyl (C=O) groups excluding carboxylic acids is 5. The van der Waals surface area contributed by atoms with Crippen LogP contribution in [0.15, 0.2) is 0 Å². The third-order valence-electron chi connectivity index (χ3n) is 5.87. The fourth-order valence-corrected chi connectivity index (χ4v) is 3.58. The molecule has 4 amide bonds. The number of likely N-dealkylation sites (N-methyl/N-ethyl adjacent to an activating group) is 1. The maximum Gasteiger partial charge on any atom is 0.245 e. The summed E-state index contributed by atoms with van der Waals surface area (Å²) in [7, 11) is 1.66. The number of hydroxylamine groups is 1. The monoisotopic (exact) mass is 533 g/mol. The molecule has 11 nitrogen and oxygen atoms in total. The summed E-state index contributed by atoms with van der Waals surface area (Å²) in [5, 5.41) is 16.9. The van der Waals surface area contributed by atoms with E-state index in [9.17, 15) is 24.0 Å².